The Morgan fingerprint density at radius 1 is 1.50 bits per heavy atom. The predicted octanol–water partition coefficient (Wildman–Crippen LogP) is 2.79. The molecule has 2 atom stereocenters. The first-order valence-corrected chi connectivity index (χ1v) is 7.60. The molecule has 0 aromatic heterocycles. The molecule has 2 heterocycles. The highest BCUT2D eigenvalue weighted by Gasteiger charge is 2.32. The molecule has 2 aliphatic heterocycles. The van der Waals surface area contributed by atoms with Gasteiger partial charge in [-0.05, 0) is 31.0 Å². The molecule has 1 fully saturated rings. The number of halogens is 1. The molecule has 1 aromatic rings. The van der Waals surface area contributed by atoms with Crippen molar-refractivity contribution >= 4 is 28.9 Å². The predicted molar refractivity (Wildman–Crippen MR) is 82.5 cm³/mol. The van der Waals surface area contributed by atoms with E-state index in [1.165, 1.54) is 6.42 Å². The maximum absolute atomic E-state index is 12.0. The van der Waals surface area contributed by atoms with Crippen LogP contribution in [0.4, 0.5) is 11.4 Å². The molecule has 2 N–H and O–H groups in total. The summed E-state index contributed by atoms with van der Waals surface area (Å²) in [5.41, 5.74) is 2.88. The van der Waals surface area contributed by atoms with Crippen LogP contribution in [0, 0.1) is 5.92 Å². The number of nitrogens with zero attached hydrogens (tertiary/aromatic N) is 1. The fraction of sp³-hybridized carbons (Fsp3) is 0.533. The lowest BCUT2D eigenvalue weighted by Crippen LogP contribution is -2.27. The minimum atomic E-state index is -0.279. The van der Waals surface area contributed by atoms with Gasteiger partial charge in [0.15, 0.2) is 0 Å². The number of fused-ring (bicyclic) bond motifs is 1. The van der Waals surface area contributed by atoms with Crippen LogP contribution >= 0.6 is 11.6 Å². The Kier molecular flexibility index (Phi) is 3.61. The lowest BCUT2D eigenvalue weighted by Gasteiger charge is -2.21. The van der Waals surface area contributed by atoms with Crippen LogP contribution in [0.3, 0.4) is 0 Å². The number of benzene rings is 1. The molecule has 3 rings (SSSR count). The number of carbonyl (C=O) groups is 1. The number of rotatable bonds is 3. The summed E-state index contributed by atoms with van der Waals surface area (Å²) < 4.78 is 0. The van der Waals surface area contributed by atoms with E-state index in [0.717, 1.165) is 41.6 Å². The smallest absolute Gasteiger partial charge is 0.246 e. The first-order chi connectivity index (χ1) is 9.60. The van der Waals surface area contributed by atoms with Gasteiger partial charge in [0.05, 0.1) is 10.7 Å². The van der Waals surface area contributed by atoms with Crippen molar-refractivity contribution in [2.75, 3.05) is 29.9 Å². The van der Waals surface area contributed by atoms with Crippen molar-refractivity contribution in [2.45, 2.75) is 26.3 Å². The second-order valence-electron chi connectivity index (χ2n) is 5.71. The highest BCUT2D eigenvalue weighted by Crippen LogP contribution is 2.40. The molecule has 0 aliphatic carbocycles. The summed E-state index contributed by atoms with van der Waals surface area (Å²) in [5.74, 6) is 0.702. The summed E-state index contributed by atoms with van der Waals surface area (Å²) in [6, 6.07) is 3.67. The van der Waals surface area contributed by atoms with Gasteiger partial charge in [-0.3, -0.25) is 4.79 Å². The number of amides is 1. The fourth-order valence-corrected chi connectivity index (χ4v) is 3.36. The third kappa shape index (κ3) is 2.27. The highest BCUT2D eigenvalue weighted by molar-refractivity contribution is 6.33. The van der Waals surface area contributed by atoms with Crippen molar-refractivity contribution in [1.29, 1.82) is 0 Å². The van der Waals surface area contributed by atoms with E-state index < -0.39 is 0 Å². The molecule has 0 bridgehead atoms. The molecule has 1 saturated heterocycles. The Balaban J connectivity index is 1.94. The molecule has 2 unspecified atom stereocenters. The van der Waals surface area contributed by atoms with Crippen LogP contribution in [-0.4, -0.2) is 25.5 Å². The van der Waals surface area contributed by atoms with Gasteiger partial charge in [-0.25, -0.2) is 0 Å². The van der Waals surface area contributed by atoms with E-state index >= 15 is 0 Å². The summed E-state index contributed by atoms with van der Waals surface area (Å²) in [6.45, 7) is 7.06. The SMILES string of the molecule is CCNC1C(=O)Nc2cc(N3CCC(C)C3)c(Cl)cc21. The number of anilines is 2. The molecule has 0 saturated carbocycles. The topological polar surface area (TPSA) is 44.4 Å². The normalized spacial score (nSPS) is 24.9. The number of hydrogen-bond acceptors (Lipinski definition) is 3. The number of carbonyl (C=O) groups excluding carboxylic acids is 1. The maximum atomic E-state index is 12.0. The first-order valence-electron chi connectivity index (χ1n) is 7.22. The van der Waals surface area contributed by atoms with Crippen molar-refractivity contribution in [2.24, 2.45) is 5.92 Å². The van der Waals surface area contributed by atoms with Gasteiger partial charge < -0.3 is 15.5 Å². The lowest BCUT2D eigenvalue weighted by molar-refractivity contribution is -0.117. The van der Waals surface area contributed by atoms with Crippen LogP contribution in [0.15, 0.2) is 12.1 Å². The number of likely N-dealkylation sites (N-methyl/N-ethyl adjacent to an activating group) is 1. The van der Waals surface area contributed by atoms with Gasteiger partial charge in [-0.1, -0.05) is 25.4 Å². The molecule has 2 aliphatic rings. The summed E-state index contributed by atoms with van der Waals surface area (Å²) >= 11 is 6.44. The molecular weight excluding hydrogens is 274 g/mol. The maximum Gasteiger partial charge on any atom is 0.246 e. The molecule has 108 valence electrons. The zero-order valence-electron chi connectivity index (χ0n) is 11.9. The van der Waals surface area contributed by atoms with Crippen LogP contribution in [0.2, 0.25) is 5.02 Å². The van der Waals surface area contributed by atoms with Crippen LogP contribution in [0.5, 0.6) is 0 Å². The lowest BCUT2D eigenvalue weighted by atomic mass is 10.1. The summed E-state index contributed by atoms with van der Waals surface area (Å²) in [6.07, 6.45) is 1.19. The summed E-state index contributed by atoms with van der Waals surface area (Å²) in [7, 11) is 0. The van der Waals surface area contributed by atoms with Crippen molar-refractivity contribution in [3.63, 3.8) is 0 Å². The largest absolute Gasteiger partial charge is 0.370 e. The van der Waals surface area contributed by atoms with E-state index in [1.54, 1.807) is 0 Å². The number of hydrogen-bond donors (Lipinski definition) is 2. The fourth-order valence-electron chi connectivity index (χ4n) is 3.07. The van der Waals surface area contributed by atoms with E-state index in [4.69, 9.17) is 11.6 Å². The van der Waals surface area contributed by atoms with E-state index in [1.807, 2.05) is 19.1 Å². The molecule has 20 heavy (non-hydrogen) atoms. The monoisotopic (exact) mass is 293 g/mol. The van der Waals surface area contributed by atoms with Crippen molar-refractivity contribution < 1.29 is 4.79 Å². The van der Waals surface area contributed by atoms with Gasteiger partial charge in [0.2, 0.25) is 5.91 Å². The summed E-state index contributed by atoms with van der Waals surface area (Å²) in [4.78, 5) is 14.3. The average Bonchev–Trinajstić information content (AvgIpc) is 2.95. The standard InChI is InChI=1S/C15H20ClN3O/c1-3-17-14-10-6-11(16)13(7-12(10)18-15(14)20)19-5-4-9(2)8-19/h6-7,9,14,17H,3-5,8H2,1-2H3,(H,18,20). The highest BCUT2D eigenvalue weighted by atomic mass is 35.5. The van der Waals surface area contributed by atoms with Gasteiger partial charge in [0.25, 0.3) is 0 Å². The van der Waals surface area contributed by atoms with Gasteiger partial charge in [0.1, 0.15) is 6.04 Å². The minimum Gasteiger partial charge on any atom is -0.370 e. The number of nitrogens with one attached hydrogen (secondary N) is 2. The first kappa shape index (κ1) is 13.7. The third-order valence-corrected chi connectivity index (χ3v) is 4.43. The van der Waals surface area contributed by atoms with E-state index in [2.05, 4.69) is 22.5 Å². The second-order valence-corrected chi connectivity index (χ2v) is 6.12. The average molecular weight is 294 g/mol. The summed E-state index contributed by atoms with van der Waals surface area (Å²) in [5, 5.41) is 6.87. The third-order valence-electron chi connectivity index (χ3n) is 4.12. The minimum absolute atomic E-state index is 0.00450. The van der Waals surface area contributed by atoms with E-state index in [0.29, 0.717) is 5.92 Å². The van der Waals surface area contributed by atoms with Crippen molar-refractivity contribution in [3.05, 3.63) is 22.7 Å². The van der Waals surface area contributed by atoms with Crippen LogP contribution in [0.1, 0.15) is 31.9 Å². The molecule has 4 nitrogen and oxygen atoms in total. The molecule has 0 spiro atoms. The zero-order chi connectivity index (χ0) is 14.3. The van der Waals surface area contributed by atoms with Crippen LogP contribution in [-0.2, 0) is 4.79 Å². The molecule has 1 amide bonds. The Hall–Kier alpha value is -1.26. The zero-order valence-corrected chi connectivity index (χ0v) is 12.6. The van der Waals surface area contributed by atoms with Gasteiger partial charge in [0, 0.05) is 24.3 Å². The molecule has 0 radical (unpaired) electrons. The van der Waals surface area contributed by atoms with E-state index in [-0.39, 0.29) is 11.9 Å². The van der Waals surface area contributed by atoms with Gasteiger partial charge >= 0.3 is 0 Å². The van der Waals surface area contributed by atoms with Gasteiger partial charge in [-0.2, -0.15) is 0 Å². The van der Waals surface area contributed by atoms with Crippen LogP contribution < -0.4 is 15.5 Å². The van der Waals surface area contributed by atoms with Gasteiger partial charge in [-0.15, -0.1) is 0 Å². The Morgan fingerprint density at radius 2 is 2.30 bits per heavy atom. The Labute approximate surface area is 124 Å². The van der Waals surface area contributed by atoms with Crippen molar-refractivity contribution in [1.82, 2.24) is 5.32 Å². The Bertz CT molecular complexity index is 546. The second kappa shape index (κ2) is 5.26. The van der Waals surface area contributed by atoms with E-state index in [9.17, 15) is 4.79 Å². The Morgan fingerprint density at radius 3 is 2.95 bits per heavy atom. The van der Waals surface area contributed by atoms with Crippen molar-refractivity contribution in [3.8, 4) is 0 Å². The molecule has 5 heteroatoms. The quantitative estimate of drug-likeness (QED) is 0.901. The molecular formula is C15H20ClN3O. The molecule has 1 aromatic carbocycles. The van der Waals surface area contributed by atoms with Crippen LogP contribution in [0.25, 0.3) is 0 Å².